The SMILES string of the molecule is O[C@@H]1COCC[C@H]1Nc1nnc(-c2cnc3ccsc3c2)c2ccccc12. The summed E-state index contributed by atoms with van der Waals surface area (Å²) in [6, 6.07) is 12.1. The molecule has 0 aliphatic carbocycles. The second-order valence-electron chi connectivity index (χ2n) is 6.65. The van der Waals surface area contributed by atoms with Crippen LogP contribution in [0.15, 0.2) is 48.0 Å². The van der Waals surface area contributed by atoms with Gasteiger partial charge >= 0.3 is 0 Å². The second-order valence-corrected chi connectivity index (χ2v) is 7.60. The highest BCUT2D eigenvalue weighted by Gasteiger charge is 2.25. The summed E-state index contributed by atoms with van der Waals surface area (Å²) >= 11 is 1.67. The van der Waals surface area contributed by atoms with Crippen LogP contribution in [0.1, 0.15) is 6.42 Å². The third-order valence-corrected chi connectivity index (χ3v) is 5.76. The van der Waals surface area contributed by atoms with Crippen molar-refractivity contribution in [2.24, 2.45) is 0 Å². The molecule has 1 aliphatic heterocycles. The van der Waals surface area contributed by atoms with Crippen LogP contribution in [0.4, 0.5) is 5.82 Å². The van der Waals surface area contributed by atoms with E-state index in [1.54, 1.807) is 11.3 Å². The van der Waals surface area contributed by atoms with E-state index in [2.05, 4.69) is 26.6 Å². The minimum absolute atomic E-state index is 0.0913. The van der Waals surface area contributed by atoms with Crippen molar-refractivity contribution in [3.8, 4) is 11.3 Å². The van der Waals surface area contributed by atoms with Crippen LogP contribution < -0.4 is 5.32 Å². The van der Waals surface area contributed by atoms with E-state index in [-0.39, 0.29) is 6.04 Å². The van der Waals surface area contributed by atoms with Crippen LogP contribution in [0.5, 0.6) is 0 Å². The van der Waals surface area contributed by atoms with Crippen LogP contribution >= 0.6 is 11.3 Å². The van der Waals surface area contributed by atoms with Gasteiger partial charge in [0, 0.05) is 29.1 Å². The number of hydrogen-bond donors (Lipinski definition) is 2. The first-order chi connectivity index (χ1) is 13.3. The molecule has 0 unspecified atom stereocenters. The van der Waals surface area contributed by atoms with Crippen LogP contribution in [0.3, 0.4) is 0 Å². The fourth-order valence-electron chi connectivity index (χ4n) is 3.47. The Balaban J connectivity index is 1.59. The molecule has 1 saturated heterocycles. The molecule has 4 heterocycles. The van der Waals surface area contributed by atoms with Crippen molar-refractivity contribution in [2.75, 3.05) is 18.5 Å². The monoisotopic (exact) mass is 378 g/mol. The molecular weight excluding hydrogens is 360 g/mol. The zero-order valence-corrected chi connectivity index (χ0v) is 15.3. The van der Waals surface area contributed by atoms with E-state index in [0.29, 0.717) is 19.0 Å². The molecule has 0 bridgehead atoms. The smallest absolute Gasteiger partial charge is 0.156 e. The van der Waals surface area contributed by atoms with Crippen molar-refractivity contribution in [1.29, 1.82) is 0 Å². The number of aliphatic hydroxyl groups excluding tert-OH is 1. The molecule has 4 aromatic rings. The lowest BCUT2D eigenvalue weighted by Crippen LogP contribution is -2.42. The minimum Gasteiger partial charge on any atom is -0.389 e. The van der Waals surface area contributed by atoms with Gasteiger partial charge in [-0.3, -0.25) is 4.98 Å². The molecule has 6 nitrogen and oxygen atoms in total. The van der Waals surface area contributed by atoms with Gasteiger partial charge in [-0.05, 0) is 23.9 Å². The number of benzene rings is 1. The van der Waals surface area contributed by atoms with Crippen molar-refractivity contribution in [1.82, 2.24) is 15.2 Å². The third-order valence-electron chi connectivity index (χ3n) is 4.91. The predicted octanol–water partition coefficient (Wildman–Crippen LogP) is 3.47. The molecule has 0 radical (unpaired) electrons. The molecule has 2 N–H and O–H groups in total. The highest BCUT2D eigenvalue weighted by Crippen LogP contribution is 2.32. The average molecular weight is 378 g/mol. The van der Waals surface area contributed by atoms with Crippen LogP contribution in [0.2, 0.25) is 0 Å². The molecule has 1 aliphatic rings. The fraction of sp³-hybridized carbons (Fsp3) is 0.250. The number of fused-ring (bicyclic) bond motifs is 2. The largest absolute Gasteiger partial charge is 0.389 e. The molecular formula is C20H18N4O2S. The topological polar surface area (TPSA) is 80.2 Å². The Morgan fingerprint density at radius 1 is 1.15 bits per heavy atom. The van der Waals surface area contributed by atoms with Gasteiger partial charge in [0.05, 0.1) is 29.0 Å². The molecule has 1 fully saturated rings. The maximum Gasteiger partial charge on any atom is 0.156 e. The van der Waals surface area contributed by atoms with E-state index in [1.807, 2.05) is 41.9 Å². The number of nitrogens with one attached hydrogen (secondary N) is 1. The van der Waals surface area contributed by atoms with Gasteiger partial charge in [-0.1, -0.05) is 24.3 Å². The molecule has 0 amide bonds. The van der Waals surface area contributed by atoms with Gasteiger partial charge in [-0.15, -0.1) is 21.5 Å². The third kappa shape index (κ3) is 3.03. The zero-order chi connectivity index (χ0) is 18.2. The predicted molar refractivity (Wildman–Crippen MR) is 107 cm³/mol. The van der Waals surface area contributed by atoms with Gasteiger partial charge < -0.3 is 15.2 Å². The van der Waals surface area contributed by atoms with Crippen molar-refractivity contribution in [3.05, 3.63) is 48.0 Å². The molecule has 0 spiro atoms. The Morgan fingerprint density at radius 3 is 2.93 bits per heavy atom. The molecule has 27 heavy (non-hydrogen) atoms. The highest BCUT2D eigenvalue weighted by atomic mass is 32.1. The van der Waals surface area contributed by atoms with Gasteiger partial charge in [0.25, 0.3) is 0 Å². The molecule has 5 rings (SSSR count). The van der Waals surface area contributed by atoms with Crippen molar-refractivity contribution in [3.63, 3.8) is 0 Å². The summed E-state index contributed by atoms with van der Waals surface area (Å²) in [7, 11) is 0. The number of thiophene rings is 1. The second kappa shape index (κ2) is 6.84. The lowest BCUT2D eigenvalue weighted by molar-refractivity contribution is -0.0135. The van der Waals surface area contributed by atoms with Gasteiger partial charge in [0.2, 0.25) is 0 Å². The summed E-state index contributed by atoms with van der Waals surface area (Å²) in [5.41, 5.74) is 2.76. The number of ether oxygens (including phenoxy) is 1. The lowest BCUT2D eigenvalue weighted by atomic mass is 10.0. The molecule has 0 saturated carbocycles. The first-order valence-corrected chi connectivity index (χ1v) is 9.79. The van der Waals surface area contributed by atoms with Gasteiger partial charge in [0.1, 0.15) is 5.69 Å². The maximum atomic E-state index is 10.2. The molecule has 3 aromatic heterocycles. The lowest BCUT2D eigenvalue weighted by Gasteiger charge is -2.29. The average Bonchev–Trinajstić information content (AvgIpc) is 3.18. The van der Waals surface area contributed by atoms with Crippen molar-refractivity contribution in [2.45, 2.75) is 18.6 Å². The molecule has 7 heteroatoms. The maximum absolute atomic E-state index is 10.2. The van der Waals surface area contributed by atoms with E-state index in [9.17, 15) is 5.11 Å². The Kier molecular flexibility index (Phi) is 4.20. The van der Waals surface area contributed by atoms with Crippen molar-refractivity contribution >= 4 is 38.1 Å². The number of aromatic nitrogens is 3. The highest BCUT2D eigenvalue weighted by molar-refractivity contribution is 7.17. The van der Waals surface area contributed by atoms with E-state index >= 15 is 0 Å². The normalized spacial score (nSPS) is 20.2. The summed E-state index contributed by atoms with van der Waals surface area (Å²) in [6.45, 7) is 0.971. The Labute approximate surface area is 159 Å². The Bertz CT molecular complexity index is 1110. The van der Waals surface area contributed by atoms with Crippen molar-refractivity contribution < 1.29 is 9.84 Å². The summed E-state index contributed by atoms with van der Waals surface area (Å²) < 4.78 is 6.44. The van der Waals surface area contributed by atoms with Gasteiger partial charge in [-0.2, -0.15) is 0 Å². The quantitative estimate of drug-likeness (QED) is 0.568. The van der Waals surface area contributed by atoms with E-state index in [0.717, 1.165) is 38.7 Å². The number of hydrogen-bond acceptors (Lipinski definition) is 7. The van der Waals surface area contributed by atoms with E-state index < -0.39 is 6.10 Å². The number of anilines is 1. The number of nitrogens with zero attached hydrogens (tertiary/aromatic N) is 3. The minimum atomic E-state index is -0.551. The molecule has 1 aromatic carbocycles. The standard InChI is InChI=1S/C20H18N4O2S/c25-17-11-26-7-5-15(17)22-20-14-4-2-1-3-13(14)19(23-24-20)12-9-18-16(21-10-12)6-8-27-18/h1-4,6,8-10,15,17,25H,5,7,11H2,(H,22,24)/t15-,17-/m1/s1. The van der Waals surface area contributed by atoms with Crippen LogP contribution in [0, 0.1) is 0 Å². The summed E-state index contributed by atoms with van der Waals surface area (Å²) in [4.78, 5) is 4.53. The molecule has 2 atom stereocenters. The summed E-state index contributed by atoms with van der Waals surface area (Å²) in [5.74, 6) is 0.686. The van der Waals surface area contributed by atoms with Gasteiger partial charge in [0.15, 0.2) is 5.82 Å². The van der Waals surface area contributed by atoms with Crippen LogP contribution in [-0.2, 0) is 4.74 Å². The van der Waals surface area contributed by atoms with E-state index in [1.165, 1.54) is 0 Å². The van der Waals surface area contributed by atoms with Crippen LogP contribution in [-0.4, -0.2) is 45.6 Å². The zero-order valence-electron chi connectivity index (χ0n) is 14.5. The summed E-state index contributed by atoms with van der Waals surface area (Å²) in [5, 5.41) is 26.5. The fourth-order valence-corrected chi connectivity index (χ4v) is 4.25. The Hall–Kier alpha value is -2.61. The number of aliphatic hydroxyl groups is 1. The van der Waals surface area contributed by atoms with E-state index in [4.69, 9.17) is 4.74 Å². The number of pyridine rings is 1. The first kappa shape index (κ1) is 16.6. The summed E-state index contributed by atoms with van der Waals surface area (Å²) in [6.07, 6.45) is 2.03. The Morgan fingerprint density at radius 2 is 2.04 bits per heavy atom. The first-order valence-electron chi connectivity index (χ1n) is 8.91. The number of rotatable bonds is 3. The molecule has 136 valence electrons. The van der Waals surface area contributed by atoms with Gasteiger partial charge in [-0.25, -0.2) is 0 Å². The van der Waals surface area contributed by atoms with Crippen LogP contribution in [0.25, 0.3) is 32.2 Å².